The molecule has 1 aromatic carbocycles. The van der Waals surface area contributed by atoms with Gasteiger partial charge in [0.1, 0.15) is 0 Å². The van der Waals surface area contributed by atoms with E-state index in [1.54, 1.807) is 22.9 Å². The largest absolute Gasteiger partial charge is 0.339 e. The molecule has 0 unspecified atom stereocenters. The van der Waals surface area contributed by atoms with Crippen molar-refractivity contribution >= 4 is 34.0 Å². The summed E-state index contributed by atoms with van der Waals surface area (Å²) in [4.78, 5) is 23.5. The number of pyridine rings is 1. The van der Waals surface area contributed by atoms with E-state index in [4.69, 9.17) is 9.51 Å². The van der Waals surface area contributed by atoms with Crippen LogP contribution in [0.4, 0.5) is 5.69 Å². The second-order valence-corrected chi connectivity index (χ2v) is 8.02. The topological polar surface area (TPSA) is 98.7 Å². The third-order valence-corrected chi connectivity index (χ3v) is 5.82. The van der Waals surface area contributed by atoms with E-state index in [9.17, 15) is 4.79 Å². The molecular formula is C22H18N6O2S. The summed E-state index contributed by atoms with van der Waals surface area (Å²) in [6.45, 7) is 3.60. The monoisotopic (exact) mass is 430 g/mol. The van der Waals surface area contributed by atoms with Crippen molar-refractivity contribution in [1.29, 1.82) is 0 Å². The number of carbonyl (C=O) groups is 1. The first-order valence-electron chi connectivity index (χ1n) is 9.60. The van der Waals surface area contributed by atoms with Crippen LogP contribution in [0.15, 0.2) is 52.4 Å². The fourth-order valence-corrected chi connectivity index (χ4v) is 4.25. The SMILES string of the molecule is Cc1nc(-c2ccccc2NC(=O)c2cc(-c3cccs3)nc3c2c(C)nn3C)no1. The molecule has 0 bridgehead atoms. The van der Waals surface area contributed by atoms with E-state index in [1.807, 2.05) is 61.8 Å². The molecule has 1 N–H and O–H groups in total. The highest BCUT2D eigenvalue weighted by atomic mass is 32.1. The van der Waals surface area contributed by atoms with Gasteiger partial charge in [-0.15, -0.1) is 11.3 Å². The molecule has 0 aliphatic carbocycles. The summed E-state index contributed by atoms with van der Waals surface area (Å²) in [5, 5.41) is 14.2. The summed E-state index contributed by atoms with van der Waals surface area (Å²) in [5.41, 5.74) is 3.93. The van der Waals surface area contributed by atoms with Crippen molar-refractivity contribution < 1.29 is 9.32 Å². The molecule has 4 aromatic heterocycles. The molecule has 5 rings (SSSR count). The Kier molecular flexibility index (Phi) is 4.59. The smallest absolute Gasteiger partial charge is 0.256 e. The lowest BCUT2D eigenvalue weighted by Gasteiger charge is -2.11. The zero-order valence-electron chi connectivity index (χ0n) is 17.1. The summed E-state index contributed by atoms with van der Waals surface area (Å²) in [7, 11) is 1.83. The number of para-hydroxylation sites is 1. The minimum Gasteiger partial charge on any atom is -0.339 e. The third kappa shape index (κ3) is 3.38. The fraction of sp³-hybridized carbons (Fsp3) is 0.136. The van der Waals surface area contributed by atoms with E-state index in [0.29, 0.717) is 34.2 Å². The van der Waals surface area contributed by atoms with Gasteiger partial charge in [0, 0.05) is 19.5 Å². The van der Waals surface area contributed by atoms with Gasteiger partial charge in [-0.3, -0.25) is 9.48 Å². The van der Waals surface area contributed by atoms with Gasteiger partial charge in [-0.05, 0) is 36.6 Å². The second kappa shape index (κ2) is 7.44. The Hall–Kier alpha value is -3.85. The predicted molar refractivity (Wildman–Crippen MR) is 119 cm³/mol. The van der Waals surface area contributed by atoms with Crippen LogP contribution in [0.2, 0.25) is 0 Å². The molecule has 4 heterocycles. The molecular weight excluding hydrogens is 412 g/mol. The maximum atomic E-state index is 13.5. The lowest BCUT2D eigenvalue weighted by atomic mass is 10.1. The van der Waals surface area contributed by atoms with Gasteiger partial charge >= 0.3 is 0 Å². The Morgan fingerprint density at radius 1 is 1.13 bits per heavy atom. The molecule has 31 heavy (non-hydrogen) atoms. The minimum absolute atomic E-state index is 0.256. The number of aryl methyl sites for hydroxylation is 3. The predicted octanol–water partition coefficient (Wildman–Crippen LogP) is 4.62. The summed E-state index contributed by atoms with van der Waals surface area (Å²) in [5.74, 6) is 0.623. The molecule has 0 aliphatic heterocycles. The van der Waals surface area contributed by atoms with Crippen molar-refractivity contribution in [3.05, 3.63) is 65.0 Å². The number of amides is 1. The first-order chi connectivity index (χ1) is 15.0. The standard InChI is InChI=1S/C22H18N6O2S/c1-12-19-15(11-17(18-9-6-10-31-18)24-21(19)28(3)26-12)22(29)25-16-8-5-4-7-14(16)20-23-13(2)30-27-20/h4-11H,1-3H3,(H,25,29). The quantitative estimate of drug-likeness (QED) is 0.447. The molecule has 0 atom stereocenters. The molecule has 0 saturated carbocycles. The number of nitrogens with zero attached hydrogens (tertiary/aromatic N) is 5. The van der Waals surface area contributed by atoms with Crippen LogP contribution < -0.4 is 5.32 Å². The number of rotatable bonds is 4. The maximum Gasteiger partial charge on any atom is 0.256 e. The van der Waals surface area contributed by atoms with Gasteiger partial charge < -0.3 is 9.84 Å². The minimum atomic E-state index is -0.256. The van der Waals surface area contributed by atoms with E-state index in [0.717, 1.165) is 21.7 Å². The molecule has 0 aliphatic rings. The Bertz CT molecular complexity index is 1420. The van der Waals surface area contributed by atoms with Crippen LogP contribution in [0.1, 0.15) is 21.9 Å². The van der Waals surface area contributed by atoms with Crippen molar-refractivity contribution in [2.24, 2.45) is 7.05 Å². The average molecular weight is 430 g/mol. The third-order valence-electron chi connectivity index (χ3n) is 4.93. The van der Waals surface area contributed by atoms with Crippen molar-refractivity contribution in [1.82, 2.24) is 24.9 Å². The van der Waals surface area contributed by atoms with Crippen LogP contribution in [0.25, 0.3) is 33.0 Å². The zero-order chi connectivity index (χ0) is 21.5. The summed E-state index contributed by atoms with van der Waals surface area (Å²) in [6, 6.07) is 13.1. The first-order valence-corrected chi connectivity index (χ1v) is 10.5. The van der Waals surface area contributed by atoms with Gasteiger partial charge in [0.2, 0.25) is 11.7 Å². The van der Waals surface area contributed by atoms with Crippen molar-refractivity contribution in [2.75, 3.05) is 5.32 Å². The van der Waals surface area contributed by atoms with Crippen LogP contribution >= 0.6 is 11.3 Å². The highest BCUT2D eigenvalue weighted by Gasteiger charge is 2.21. The lowest BCUT2D eigenvalue weighted by Crippen LogP contribution is -2.14. The van der Waals surface area contributed by atoms with Gasteiger partial charge in [-0.2, -0.15) is 10.1 Å². The fourth-order valence-electron chi connectivity index (χ4n) is 3.56. The number of hydrogen-bond donors (Lipinski definition) is 1. The molecule has 0 spiro atoms. The summed E-state index contributed by atoms with van der Waals surface area (Å²) >= 11 is 1.57. The van der Waals surface area contributed by atoms with Crippen molar-refractivity contribution in [3.63, 3.8) is 0 Å². The van der Waals surface area contributed by atoms with Crippen LogP contribution in [0.5, 0.6) is 0 Å². The van der Waals surface area contributed by atoms with E-state index in [1.165, 1.54) is 0 Å². The van der Waals surface area contributed by atoms with E-state index < -0.39 is 0 Å². The summed E-state index contributed by atoms with van der Waals surface area (Å²) < 4.78 is 6.81. The molecule has 9 heteroatoms. The Balaban J connectivity index is 1.61. The number of carbonyl (C=O) groups excluding carboxylic acids is 1. The van der Waals surface area contributed by atoms with Crippen LogP contribution in [0, 0.1) is 13.8 Å². The molecule has 154 valence electrons. The number of aromatic nitrogens is 5. The van der Waals surface area contributed by atoms with Crippen LogP contribution in [-0.2, 0) is 7.05 Å². The van der Waals surface area contributed by atoms with Gasteiger partial charge in [0.05, 0.1) is 32.9 Å². The van der Waals surface area contributed by atoms with Gasteiger partial charge in [-0.1, -0.05) is 23.4 Å². The van der Waals surface area contributed by atoms with E-state index >= 15 is 0 Å². The van der Waals surface area contributed by atoms with Crippen LogP contribution in [-0.4, -0.2) is 30.8 Å². The van der Waals surface area contributed by atoms with Crippen LogP contribution in [0.3, 0.4) is 0 Å². The van der Waals surface area contributed by atoms with Crippen molar-refractivity contribution in [2.45, 2.75) is 13.8 Å². The number of benzene rings is 1. The Morgan fingerprint density at radius 3 is 2.71 bits per heavy atom. The highest BCUT2D eigenvalue weighted by Crippen LogP contribution is 2.31. The molecule has 8 nitrogen and oxygen atoms in total. The summed E-state index contributed by atoms with van der Waals surface area (Å²) in [6.07, 6.45) is 0. The lowest BCUT2D eigenvalue weighted by molar-refractivity contribution is 0.102. The molecule has 0 fully saturated rings. The Morgan fingerprint density at radius 2 is 1.97 bits per heavy atom. The maximum absolute atomic E-state index is 13.5. The molecule has 5 aromatic rings. The molecule has 1 amide bonds. The first kappa shape index (κ1) is 19.1. The van der Waals surface area contributed by atoms with E-state index in [2.05, 4.69) is 20.6 Å². The zero-order valence-corrected chi connectivity index (χ0v) is 17.9. The number of nitrogens with one attached hydrogen (secondary N) is 1. The normalized spacial score (nSPS) is 11.2. The van der Waals surface area contributed by atoms with E-state index in [-0.39, 0.29) is 5.91 Å². The van der Waals surface area contributed by atoms with Gasteiger partial charge in [0.25, 0.3) is 5.91 Å². The Labute approximate surface area is 181 Å². The van der Waals surface area contributed by atoms with Gasteiger partial charge in [0.15, 0.2) is 5.65 Å². The van der Waals surface area contributed by atoms with Crippen molar-refractivity contribution in [3.8, 4) is 22.0 Å². The number of hydrogen-bond acceptors (Lipinski definition) is 7. The number of anilines is 1. The number of thiophene rings is 1. The number of fused-ring (bicyclic) bond motifs is 1. The highest BCUT2D eigenvalue weighted by molar-refractivity contribution is 7.13. The molecule has 0 radical (unpaired) electrons. The van der Waals surface area contributed by atoms with Gasteiger partial charge in [-0.25, -0.2) is 4.98 Å². The molecule has 0 saturated heterocycles. The average Bonchev–Trinajstić information content (AvgIpc) is 3.50. The second-order valence-electron chi connectivity index (χ2n) is 7.08.